The Morgan fingerprint density at radius 1 is 1.21 bits per heavy atom. The molecule has 0 radical (unpaired) electrons. The van der Waals surface area contributed by atoms with Gasteiger partial charge in [0.15, 0.2) is 0 Å². The zero-order chi connectivity index (χ0) is 20.7. The Kier molecular flexibility index (Phi) is 7.23. The molecular weight excluding hydrogens is 376 g/mol. The molecule has 2 aromatic carbocycles. The van der Waals surface area contributed by atoms with Crippen molar-refractivity contribution in [3.05, 3.63) is 66.7 Å². The van der Waals surface area contributed by atoms with Gasteiger partial charge in [0.1, 0.15) is 18.9 Å². The predicted octanol–water partition coefficient (Wildman–Crippen LogP) is 3.78. The molecule has 0 saturated carbocycles. The molecule has 150 valence electrons. The quantitative estimate of drug-likeness (QED) is 0.648. The van der Waals surface area contributed by atoms with Gasteiger partial charge < -0.3 is 10.1 Å². The number of nitrogens with zero attached hydrogens (tertiary/aromatic N) is 1. The van der Waals surface area contributed by atoms with Crippen LogP contribution in [0.5, 0.6) is 5.75 Å². The van der Waals surface area contributed by atoms with Crippen molar-refractivity contribution in [3.8, 4) is 5.75 Å². The minimum Gasteiger partial charge on any atom is -0.489 e. The van der Waals surface area contributed by atoms with Gasteiger partial charge in [-0.2, -0.15) is 0 Å². The number of carbonyl (C=O) groups is 1. The van der Waals surface area contributed by atoms with Gasteiger partial charge in [0.25, 0.3) is 0 Å². The lowest BCUT2D eigenvalue weighted by Gasteiger charge is -2.22. The van der Waals surface area contributed by atoms with Gasteiger partial charge >= 0.3 is 0 Å². The van der Waals surface area contributed by atoms with E-state index in [1.54, 1.807) is 42.5 Å². The largest absolute Gasteiger partial charge is 0.489 e. The van der Waals surface area contributed by atoms with Crippen LogP contribution in [-0.2, 0) is 14.8 Å². The molecule has 0 aromatic heterocycles. The highest BCUT2D eigenvalue weighted by Gasteiger charge is 2.21. The molecule has 0 unspecified atom stereocenters. The maximum absolute atomic E-state index is 12.5. The number of ether oxygens (including phenoxy) is 1. The van der Waals surface area contributed by atoms with Gasteiger partial charge in [-0.3, -0.25) is 9.10 Å². The number of amides is 1. The summed E-state index contributed by atoms with van der Waals surface area (Å²) < 4.78 is 31.0. The first-order valence-corrected chi connectivity index (χ1v) is 10.8. The molecule has 6 nitrogen and oxygen atoms in total. The van der Waals surface area contributed by atoms with Crippen LogP contribution in [0, 0.1) is 0 Å². The van der Waals surface area contributed by atoms with Crippen molar-refractivity contribution in [1.82, 2.24) is 0 Å². The van der Waals surface area contributed by atoms with Gasteiger partial charge in [-0.1, -0.05) is 44.7 Å². The first-order valence-electron chi connectivity index (χ1n) is 8.92. The van der Waals surface area contributed by atoms with Crippen molar-refractivity contribution in [2.24, 2.45) is 0 Å². The molecule has 0 spiro atoms. The molecule has 0 bridgehead atoms. The molecule has 28 heavy (non-hydrogen) atoms. The third kappa shape index (κ3) is 6.13. The van der Waals surface area contributed by atoms with Crippen LogP contribution in [0.1, 0.15) is 25.3 Å². The Morgan fingerprint density at radius 3 is 2.46 bits per heavy atom. The highest BCUT2D eigenvalue weighted by atomic mass is 32.2. The van der Waals surface area contributed by atoms with E-state index in [1.807, 2.05) is 12.1 Å². The van der Waals surface area contributed by atoms with E-state index in [0.29, 0.717) is 29.6 Å². The van der Waals surface area contributed by atoms with Crippen LogP contribution in [0.4, 0.5) is 11.4 Å². The molecule has 0 aliphatic rings. The maximum Gasteiger partial charge on any atom is 0.245 e. The molecule has 0 fully saturated rings. The van der Waals surface area contributed by atoms with Gasteiger partial charge in [0, 0.05) is 11.8 Å². The van der Waals surface area contributed by atoms with Crippen LogP contribution in [-0.4, -0.2) is 33.7 Å². The van der Waals surface area contributed by atoms with E-state index in [4.69, 9.17) is 4.74 Å². The molecule has 0 atom stereocenters. The van der Waals surface area contributed by atoms with Crippen molar-refractivity contribution in [1.29, 1.82) is 0 Å². The number of benzene rings is 2. The molecule has 1 amide bonds. The van der Waals surface area contributed by atoms with Crippen molar-refractivity contribution < 1.29 is 17.9 Å². The van der Waals surface area contributed by atoms with Crippen LogP contribution in [0.25, 0.3) is 0 Å². The van der Waals surface area contributed by atoms with Crippen LogP contribution in [0.15, 0.2) is 61.2 Å². The van der Waals surface area contributed by atoms with Crippen molar-refractivity contribution in [3.63, 3.8) is 0 Å². The number of sulfonamides is 1. The summed E-state index contributed by atoms with van der Waals surface area (Å²) in [5.41, 5.74) is 2.07. The van der Waals surface area contributed by atoms with Gasteiger partial charge in [0.05, 0.1) is 11.9 Å². The summed E-state index contributed by atoms with van der Waals surface area (Å²) in [4.78, 5) is 12.5. The minimum absolute atomic E-state index is 0.322. The number of rotatable bonds is 9. The van der Waals surface area contributed by atoms with Gasteiger partial charge in [0.2, 0.25) is 15.9 Å². The van der Waals surface area contributed by atoms with Crippen LogP contribution in [0.3, 0.4) is 0 Å². The van der Waals surface area contributed by atoms with Crippen LogP contribution in [0.2, 0.25) is 0 Å². The summed E-state index contributed by atoms with van der Waals surface area (Å²) >= 11 is 0. The lowest BCUT2D eigenvalue weighted by atomic mass is 10.0. The number of nitrogens with one attached hydrogen (secondary N) is 1. The first kappa shape index (κ1) is 21.5. The summed E-state index contributed by atoms with van der Waals surface area (Å²) in [6.45, 7) is 7.74. The number of anilines is 2. The highest BCUT2D eigenvalue weighted by Crippen LogP contribution is 2.22. The van der Waals surface area contributed by atoms with Gasteiger partial charge in [-0.25, -0.2) is 8.42 Å². The van der Waals surface area contributed by atoms with Crippen LogP contribution < -0.4 is 14.4 Å². The van der Waals surface area contributed by atoms with Gasteiger partial charge in [-0.05, 0) is 35.7 Å². The number of hydrogen-bond donors (Lipinski definition) is 1. The first-order chi connectivity index (χ1) is 13.2. The molecule has 0 heterocycles. The van der Waals surface area contributed by atoms with E-state index in [2.05, 4.69) is 25.7 Å². The maximum atomic E-state index is 12.5. The summed E-state index contributed by atoms with van der Waals surface area (Å²) in [7, 11) is -3.62. The van der Waals surface area contributed by atoms with Gasteiger partial charge in [-0.15, -0.1) is 0 Å². The third-order valence-corrected chi connectivity index (χ3v) is 5.16. The Balaban J connectivity index is 2.14. The lowest BCUT2D eigenvalue weighted by Crippen LogP contribution is -2.37. The normalized spacial score (nSPS) is 11.1. The van der Waals surface area contributed by atoms with E-state index in [-0.39, 0.29) is 6.54 Å². The Hall–Kier alpha value is -2.80. The van der Waals surface area contributed by atoms with Crippen molar-refractivity contribution in [2.45, 2.75) is 19.8 Å². The summed E-state index contributed by atoms with van der Waals surface area (Å²) in [5, 5.41) is 2.71. The average Bonchev–Trinajstić information content (AvgIpc) is 2.64. The topological polar surface area (TPSA) is 75.7 Å². The highest BCUT2D eigenvalue weighted by molar-refractivity contribution is 7.92. The number of hydrogen-bond acceptors (Lipinski definition) is 4. The zero-order valence-corrected chi connectivity index (χ0v) is 17.2. The van der Waals surface area contributed by atoms with E-state index in [0.717, 1.165) is 16.1 Å². The standard InChI is InChI=1S/C21H26N2O4S/c1-5-13-27-20-8-6-7-18(14-20)22-21(24)15-23(28(4,25)26)19-11-9-17(10-12-19)16(2)3/h5-12,14,16H,1,13,15H2,2-4H3,(H,22,24). The predicted molar refractivity (Wildman–Crippen MR) is 113 cm³/mol. The Morgan fingerprint density at radius 2 is 1.89 bits per heavy atom. The molecule has 2 rings (SSSR count). The molecule has 0 aliphatic carbocycles. The third-order valence-electron chi connectivity index (χ3n) is 4.02. The molecule has 7 heteroatoms. The second kappa shape index (κ2) is 9.41. The number of carbonyl (C=O) groups excluding carboxylic acids is 1. The SMILES string of the molecule is C=CCOc1cccc(NC(=O)CN(c2ccc(C(C)C)cc2)S(C)(=O)=O)c1. The fourth-order valence-electron chi connectivity index (χ4n) is 2.58. The van der Waals surface area contributed by atoms with Crippen molar-refractivity contribution in [2.75, 3.05) is 29.0 Å². The molecule has 0 saturated heterocycles. The fourth-order valence-corrected chi connectivity index (χ4v) is 3.43. The zero-order valence-electron chi connectivity index (χ0n) is 16.4. The molecular formula is C21H26N2O4S. The fraction of sp³-hybridized carbons (Fsp3) is 0.286. The molecule has 1 N–H and O–H groups in total. The van der Waals surface area contributed by atoms with Crippen LogP contribution >= 0.6 is 0 Å². The van der Waals surface area contributed by atoms with E-state index < -0.39 is 15.9 Å². The molecule has 2 aromatic rings. The monoisotopic (exact) mass is 402 g/mol. The van der Waals surface area contributed by atoms with E-state index in [9.17, 15) is 13.2 Å². The smallest absolute Gasteiger partial charge is 0.245 e. The van der Waals surface area contributed by atoms with E-state index in [1.165, 1.54) is 0 Å². The lowest BCUT2D eigenvalue weighted by molar-refractivity contribution is -0.114. The van der Waals surface area contributed by atoms with Crippen molar-refractivity contribution >= 4 is 27.3 Å². The second-order valence-electron chi connectivity index (χ2n) is 6.69. The Bertz CT molecular complexity index is 922. The minimum atomic E-state index is -3.62. The second-order valence-corrected chi connectivity index (χ2v) is 8.60. The Labute approximate surface area is 166 Å². The van der Waals surface area contributed by atoms with E-state index >= 15 is 0 Å². The summed E-state index contributed by atoms with van der Waals surface area (Å²) in [6.07, 6.45) is 2.71. The summed E-state index contributed by atoms with van der Waals surface area (Å²) in [6, 6.07) is 14.1. The average molecular weight is 403 g/mol. The summed E-state index contributed by atoms with van der Waals surface area (Å²) in [5.74, 6) is 0.473. The molecule has 0 aliphatic heterocycles.